The van der Waals surface area contributed by atoms with Gasteiger partial charge < -0.3 is 15.4 Å². The average molecular weight is 240 g/mol. The first-order valence-electron chi connectivity index (χ1n) is 5.75. The van der Waals surface area contributed by atoms with Crippen LogP contribution in [0.4, 0.5) is 5.69 Å². The predicted octanol–water partition coefficient (Wildman–Crippen LogP) is -0.325. The second-order valence-corrected chi connectivity index (χ2v) is 3.68. The molecule has 1 aromatic heterocycles. The zero-order valence-electron chi connectivity index (χ0n) is 10.4. The van der Waals surface area contributed by atoms with Crippen LogP contribution in [0.1, 0.15) is 6.92 Å². The fourth-order valence-corrected chi connectivity index (χ4v) is 1.42. The monoisotopic (exact) mass is 240 g/mol. The summed E-state index contributed by atoms with van der Waals surface area (Å²) in [6.45, 7) is 4.79. The van der Waals surface area contributed by atoms with E-state index in [1.165, 1.54) is 4.68 Å². The largest absolute Gasteiger partial charge is 0.380 e. The molecule has 1 rings (SSSR count). The normalized spacial score (nSPS) is 10.5. The van der Waals surface area contributed by atoms with Gasteiger partial charge in [-0.3, -0.25) is 4.79 Å². The number of nitrogens with two attached hydrogens (primary N) is 1. The zero-order valence-corrected chi connectivity index (χ0v) is 10.4. The maximum Gasteiger partial charge on any atom is 0.268 e. The van der Waals surface area contributed by atoms with Gasteiger partial charge in [-0.15, -0.1) is 0 Å². The Labute approximate surface area is 101 Å². The Balaban J connectivity index is 2.69. The number of anilines is 1. The first-order valence-corrected chi connectivity index (χ1v) is 5.75. The van der Waals surface area contributed by atoms with Gasteiger partial charge in [-0.2, -0.15) is 5.10 Å². The lowest BCUT2D eigenvalue weighted by Gasteiger charge is -2.17. The second kappa shape index (κ2) is 7.03. The third-order valence-electron chi connectivity index (χ3n) is 2.41. The van der Waals surface area contributed by atoms with Crippen LogP contribution in [0.3, 0.4) is 0 Å². The van der Waals surface area contributed by atoms with Crippen molar-refractivity contribution in [3.63, 3.8) is 0 Å². The Bertz CT molecular complexity index is 391. The van der Waals surface area contributed by atoms with E-state index in [1.54, 1.807) is 12.3 Å². The summed E-state index contributed by atoms with van der Waals surface area (Å²) in [5, 5.41) is 4.10. The molecule has 2 N–H and O–H groups in total. The summed E-state index contributed by atoms with van der Waals surface area (Å²) in [6.07, 6.45) is 1.67. The van der Waals surface area contributed by atoms with Gasteiger partial charge in [0.15, 0.2) is 0 Å². The number of aromatic nitrogens is 2. The molecule has 17 heavy (non-hydrogen) atoms. The van der Waals surface area contributed by atoms with Crippen LogP contribution in [0.2, 0.25) is 0 Å². The van der Waals surface area contributed by atoms with Crippen LogP contribution in [0, 0.1) is 0 Å². The molecule has 0 aliphatic carbocycles. The van der Waals surface area contributed by atoms with Crippen LogP contribution in [0.5, 0.6) is 0 Å². The molecule has 1 aromatic rings. The molecule has 0 amide bonds. The van der Waals surface area contributed by atoms with E-state index in [4.69, 9.17) is 10.5 Å². The molecule has 0 saturated heterocycles. The summed E-state index contributed by atoms with van der Waals surface area (Å²) >= 11 is 0. The number of ether oxygens (including phenoxy) is 1. The molecule has 0 unspecified atom stereocenters. The highest BCUT2D eigenvalue weighted by Gasteiger charge is 2.03. The second-order valence-electron chi connectivity index (χ2n) is 3.68. The number of likely N-dealkylation sites (N-methyl/N-ethyl adjacent to an activating group) is 1. The number of rotatable bonds is 7. The van der Waals surface area contributed by atoms with Crippen molar-refractivity contribution in [2.24, 2.45) is 5.73 Å². The Hall–Kier alpha value is -1.40. The Morgan fingerprint density at radius 1 is 1.59 bits per heavy atom. The molecule has 0 fully saturated rings. The minimum atomic E-state index is -0.119. The van der Waals surface area contributed by atoms with E-state index in [0.717, 1.165) is 5.69 Å². The summed E-state index contributed by atoms with van der Waals surface area (Å²) < 4.78 is 6.58. The highest BCUT2D eigenvalue weighted by Crippen LogP contribution is 2.05. The molecule has 1 heterocycles. The SMILES string of the molecule is CCOCCn1ncc(N(C)CCN)cc1=O. The summed E-state index contributed by atoms with van der Waals surface area (Å²) in [4.78, 5) is 13.6. The van der Waals surface area contributed by atoms with Crippen molar-refractivity contribution < 1.29 is 4.74 Å². The van der Waals surface area contributed by atoms with Gasteiger partial charge in [-0.25, -0.2) is 4.68 Å². The highest BCUT2D eigenvalue weighted by atomic mass is 16.5. The van der Waals surface area contributed by atoms with E-state index >= 15 is 0 Å². The van der Waals surface area contributed by atoms with Gasteiger partial charge in [0.1, 0.15) is 0 Å². The Kier molecular flexibility index (Phi) is 5.65. The number of nitrogens with zero attached hydrogens (tertiary/aromatic N) is 3. The number of hydrogen-bond donors (Lipinski definition) is 1. The van der Waals surface area contributed by atoms with E-state index < -0.39 is 0 Å². The van der Waals surface area contributed by atoms with E-state index in [2.05, 4.69) is 5.10 Å². The maximum absolute atomic E-state index is 11.7. The van der Waals surface area contributed by atoms with Crippen molar-refractivity contribution in [3.05, 3.63) is 22.6 Å². The van der Waals surface area contributed by atoms with Gasteiger partial charge in [0, 0.05) is 32.8 Å². The first-order chi connectivity index (χ1) is 8.19. The predicted molar refractivity (Wildman–Crippen MR) is 67.3 cm³/mol. The fraction of sp³-hybridized carbons (Fsp3) is 0.636. The minimum Gasteiger partial charge on any atom is -0.380 e. The van der Waals surface area contributed by atoms with E-state index in [0.29, 0.717) is 32.8 Å². The maximum atomic E-state index is 11.7. The highest BCUT2D eigenvalue weighted by molar-refractivity contribution is 5.41. The first kappa shape index (κ1) is 13.7. The molecule has 0 atom stereocenters. The van der Waals surface area contributed by atoms with Gasteiger partial charge >= 0.3 is 0 Å². The van der Waals surface area contributed by atoms with Crippen LogP contribution in [-0.2, 0) is 11.3 Å². The molecule has 0 aliphatic rings. The smallest absolute Gasteiger partial charge is 0.268 e. The topological polar surface area (TPSA) is 73.4 Å². The standard InChI is InChI=1S/C11H20N4O2/c1-3-17-7-6-15-11(16)8-10(9-13-15)14(2)5-4-12/h8-9H,3-7,12H2,1-2H3. The van der Waals surface area contributed by atoms with Crippen LogP contribution in [0.15, 0.2) is 17.1 Å². The quantitative estimate of drug-likeness (QED) is 0.661. The van der Waals surface area contributed by atoms with Crippen molar-refractivity contribution in [1.29, 1.82) is 0 Å². The molecule has 0 aromatic carbocycles. The Morgan fingerprint density at radius 3 is 2.94 bits per heavy atom. The summed E-state index contributed by atoms with van der Waals surface area (Å²) in [6, 6.07) is 1.56. The summed E-state index contributed by atoms with van der Waals surface area (Å²) in [5.41, 5.74) is 6.12. The minimum absolute atomic E-state index is 0.119. The van der Waals surface area contributed by atoms with Gasteiger partial charge in [0.2, 0.25) is 0 Å². The molecule has 0 radical (unpaired) electrons. The lowest BCUT2D eigenvalue weighted by Crippen LogP contribution is -2.29. The lowest BCUT2D eigenvalue weighted by molar-refractivity contribution is 0.135. The molecule has 96 valence electrons. The third kappa shape index (κ3) is 4.16. The molecule has 0 saturated carbocycles. The third-order valence-corrected chi connectivity index (χ3v) is 2.41. The molecular weight excluding hydrogens is 220 g/mol. The van der Waals surface area contributed by atoms with Crippen molar-refractivity contribution in [2.75, 3.05) is 38.3 Å². The zero-order chi connectivity index (χ0) is 12.7. The fourth-order valence-electron chi connectivity index (χ4n) is 1.42. The Morgan fingerprint density at radius 2 is 2.35 bits per heavy atom. The van der Waals surface area contributed by atoms with Gasteiger partial charge in [0.05, 0.1) is 25.0 Å². The number of hydrogen-bond acceptors (Lipinski definition) is 5. The van der Waals surface area contributed by atoms with E-state index in [9.17, 15) is 4.79 Å². The molecular formula is C11H20N4O2. The van der Waals surface area contributed by atoms with E-state index in [-0.39, 0.29) is 5.56 Å². The van der Waals surface area contributed by atoms with Crippen molar-refractivity contribution in [3.8, 4) is 0 Å². The van der Waals surface area contributed by atoms with Crippen molar-refractivity contribution in [1.82, 2.24) is 9.78 Å². The van der Waals surface area contributed by atoms with Crippen LogP contribution in [-0.4, -0.2) is 43.1 Å². The molecule has 0 bridgehead atoms. The van der Waals surface area contributed by atoms with Crippen LogP contribution < -0.4 is 16.2 Å². The molecule has 6 heteroatoms. The van der Waals surface area contributed by atoms with Gasteiger partial charge in [-0.05, 0) is 6.92 Å². The molecule has 6 nitrogen and oxygen atoms in total. The summed E-state index contributed by atoms with van der Waals surface area (Å²) in [5.74, 6) is 0. The van der Waals surface area contributed by atoms with Crippen LogP contribution >= 0.6 is 0 Å². The molecule has 0 spiro atoms. The molecule has 0 aliphatic heterocycles. The van der Waals surface area contributed by atoms with Crippen molar-refractivity contribution >= 4 is 5.69 Å². The lowest BCUT2D eigenvalue weighted by atomic mass is 10.4. The van der Waals surface area contributed by atoms with E-state index in [1.807, 2.05) is 18.9 Å². The van der Waals surface area contributed by atoms with Gasteiger partial charge in [-0.1, -0.05) is 0 Å². The van der Waals surface area contributed by atoms with Crippen molar-refractivity contribution in [2.45, 2.75) is 13.5 Å². The van der Waals surface area contributed by atoms with Crippen LogP contribution in [0.25, 0.3) is 0 Å². The summed E-state index contributed by atoms with van der Waals surface area (Å²) in [7, 11) is 1.88. The van der Waals surface area contributed by atoms with Gasteiger partial charge in [0.25, 0.3) is 5.56 Å². The average Bonchev–Trinajstić information content (AvgIpc) is 2.31.